The van der Waals surface area contributed by atoms with Gasteiger partial charge >= 0.3 is 11.8 Å². The van der Waals surface area contributed by atoms with E-state index in [1.807, 2.05) is 0 Å². The van der Waals surface area contributed by atoms with Crippen molar-refractivity contribution in [3.05, 3.63) is 0 Å². The monoisotopic (exact) mass is 227 g/mol. The van der Waals surface area contributed by atoms with Crippen LogP contribution in [0.4, 0.5) is 0 Å². The number of β-amino-alcohol motifs (C(OH)–C–C–N with tert-alkyl or cyclic N) is 1. The summed E-state index contributed by atoms with van der Waals surface area (Å²) >= 11 is 0. The average Bonchev–Trinajstić information content (AvgIpc) is 3.04. The Kier molecular flexibility index (Phi) is 2.86. The van der Waals surface area contributed by atoms with E-state index < -0.39 is 17.4 Å². The maximum Gasteiger partial charge on any atom is 0.312 e. The molecule has 1 saturated carbocycles. The number of nitrogens with zero attached hydrogens (tertiary/aromatic N) is 1. The molecule has 0 atom stereocenters. The van der Waals surface area contributed by atoms with Crippen molar-refractivity contribution < 1.29 is 14.7 Å². The summed E-state index contributed by atoms with van der Waals surface area (Å²) in [7, 11) is 0. The van der Waals surface area contributed by atoms with Crippen LogP contribution in [0.1, 0.15) is 12.8 Å². The molecule has 2 fully saturated rings. The Morgan fingerprint density at radius 2 is 2.06 bits per heavy atom. The molecule has 90 valence electrons. The Morgan fingerprint density at radius 1 is 1.44 bits per heavy atom. The van der Waals surface area contributed by atoms with Crippen molar-refractivity contribution in [2.24, 2.45) is 11.7 Å². The van der Waals surface area contributed by atoms with Crippen molar-refractivity contribution in [2.75, 3.05) is 26.2 Å². The maximum atomic E-state index is 11.5. The average molecular weight is 227 g/mol. The van der Waals surface area contributed by atoms with Crippen molar-refractivity contribution in [1.82, 2.24) is 10.2 Å². The van der Waals surface area contributed by atoms with Crippen molar-refractivity contribution in [1.29, 1.82) is 0 Å². The van der Waals surface area contributed by atoms with Crippen molar-refractivity contribution in [3.63, 3.8) is 0 Å². The van der Waals surface area contributed by atoms with Gasteiger partial charge in [-0.3, -0.25) is 9.59 Å². The maximum absolute atomic E-state index is 11.5. The summed E-state index contributed by atoms with van der Waals surface area (Å²) < 4.78 is 0. The molecule has 6 heteroatoms. The van der Waals surface area contributed by atoms with Gasteiger partial charge in [-0.15, -0.1) is 0 Å². The van der Waals surface area contributed by atoms with E-state index in [2.05, 4.69) is 5.32 Å². The second-order valence-electron chi connectivity index (χ2n) is 4.58. The Bertz CT molecular complexity index is 308. The molecule has 2 rings (SSSR count). The number of rotatable bonds is 3. The smallest absolute Gasteiger partial charge is 0.312 e. The first-order chi connectivity index (χ1) is 7.57. The molecular weight excluding hydrogens is 210 g/mol. The first-order valence-corrected chi connectivity index (χ1v) is 5.56. The standard InChI is InChI=1S/C10H17N3O3/c11-3-4-12-8(14)9(15)13-5-10(16,6-13)7-1-2-7/h7,16H,1-6,11H2,(H,12,14). The van der Waals surface area contributed by atoms with E-state index in [-0.39, 0.29) is 13.1 Å². The van der Waals surface area contributed by atoms with Gasteiger partial charge in [0.05, 0.1) is 13.1 Å². The summed E-state index contributed by atoms with van der Waals surface area (Å²) in [6.07, 6.45) is 2.05. The van der Waals surface area contributed by atoms with Gasteiger partial charge in [-0.25, -0.2) is 0 Å². The van der Waals surface area contributed by atoms with Gasteiger partial charge in [-0.05, 0) is 18.8 Å². The molecule has 1 aliphatic carbocycles. The zero-order chi connectivity index (χ0) is 11.8. The number of aliphatic hydroxyl groups is 1. The fourth-order valence-electron chi connectivity index (χ4n) is 2.04. The predicted molar refractivity (Wildman–Crippen MR) is 56.3 cm³/mol. The third kappa shape index (κ3) is 2.03. The molecule has 0 aromatic carbocycles. The van der Waals surface area contributed by atoms with E-state index >= 15 is 0 Å². The number of nitrogens with one attached hydrogen (secondary N) is 1. The van der Waals surface area contributed by atoms with Crippen LogP contribution >= 0.6 is 0 Å². The molecule has 0 aromatic rings. The van der Waals surface area contributed by atoms with Crippen LogP contribution in [0.15, 0.2) is 0 Å². The molecule has 0 radical (unpaired) electrons. The van der Waals surface area contributed by atoms with E-state index in [1.54, 1.807) is 0 Å². The number of carbonyl (C=O) groups is 2. The van der Waals surface area contributed by atoms with Crippen LogP contribution < -0.4 is 11.1 Å². The highest BCUT2D eigenvalue weighted by Crippen LogP contribution is 2.44. The normalized spacial score (nSPS) is 22.5. The van der Waals surface area contributed by atoms with E-state index in [4.69, 9.17) is 5.73 Å². The van der Waals surface area contributed by atoms with Gasteiger partial charge in [-0.2, -0.15) is 0 Å². The van der Waals surface area contributed by atoms with Crippen LogP contribution in [-0.4, -0.2) is 53.6 Å². The van der Waals surface area contributed by atoms with Gasteiger partial charge < -0.3 is 21.1 Å². The number of amides is 2. The predicted octanol–water partition coefficient (Wildman–Crippen LogP) is -1.96. The number of nitrogens with two attached hydrogens (primary N) is 1. The fourth-order valence-corrected chi connectivity index (χ4v) is 2.04. The first kappa shape index (κ1) is 11.3. The molecule has 0 bridgehead atoms. The summed E-state index contributed by atoms with van der Waals surface area (Å²) in [5.74, 6) is -0.884. The lowest BCUT2D eigenvalue weighted by molar-refractivity contribution is -0.165. The number of likely N-dealkylation sites (tertiary alicyclic amines) is 1. The zero-order valence-corrected chi connectivity index (χ0v) is 9.11. The van der Waals surface area contributed by atoms with Gasteiger partial charge in [-0.1, -0.05) is 0 Å². The van der Waals surface area contributed by atoms with Crippen molar-refractivity contribution in [3.8, 4) is 0 Å². The topological polar surface area (TPSA) is 95.7 Å². The quantitative estimate of drug-likeness (QED) is 0.488. The van der Waals surface area contributed by atoms with Gasteiger partial charge in [0.1, 0.15) is 5.60 Å². The number of carbonyl (C=O) groups excluding carboxylic acids is 2. The highest BCUT2D eigenvalue weighted by atomic mass is 16.3. The first-order valence-electron chi connectivity index (χ1n) is 5.56. The van der Waals surface area contributed by atoms with Crippen LogP contribution in [0.5, 0.6) is 0 Å². The molecule has 0 aromatic heterocycles. The lowest BCUT2D eigenvalue weighted by Crippen LogP contribution is -2.66. The van der Waals surface area contributed by atoms with E-state index in [9.17, 15) is 14.7 Å². The lowest BCUT2D eigenvalue weighted by atomic mass is 9.88. The number of hydrogen-bond acceptors (Lipinski definition) is 4. The lowest BCUT2D eigenvalue weighted by Gasteiger charge is -2.46. The molecule has 1 saturated heterocycles. The van der Waals surface area contributed by atoms with Gasteiger partial charge in [0.25, 0.3) is 0 Å². The molecule has 2 aliphatic rings. The molecular formula is C10H17N3O3. The Labute approximate surface area is 93.8 Å². The summed E-state index contributed by atoms with van der Waals surface area (Å²) in [5, 5.41) is 12.4. The molecule has 2 amide bonds. The summed E-state index contributed by atoms with van der Waals surface area (Å²) in [6.45, 7) is 1.18. The minimum absolute atomic E-state index is 0.284. The Balaban J connectivity index is 1.78. The van der Waals surface area contributed by atoms with Crippen LogP contribution in [0.3, 0.4) is 0 Å². The third-order valence-corrected chi connectivity index (χ3v) is 3.18. The van der Waals surface area contributed by atoms with Crippen LogP contribution in [0.2, 0.25) is 0 Å². The minimum Gasteiger partial charge on any atom is -0.386 e. The molecule has 1 aliphatic heterocycles. The highest BCUT2D eigenvalue weighted by Gasteiger charge is 2.53. The van der Waals surface area contributed by atoms with E-state index in [0.29, 0.717) is 19.0 Å². The molecule has 6 nitrogen and oxygen atoms in total. The molecule has 0 unspecified atom stereocenters. The highest BCUT2D eigenvalue weighted by molar-refractivity contribution is 6.35. The van der Waals surface area contributed by atoms with Crippen molar-refractivity contribution in [2.45, 2.75) is 18.4 Å². The van der Waals surface area contributed by atoms with Crippen LogP contribution in [0, 0.1) is 5.92 Å². The van der Waals surface area contributed by atoms with Crippen LogP contribution in [-0.2, 0) is 9.59 Å². The van der Waals surface area contributed by atoms with E-state index in [1.165, 1.54) is 4.90 Å². The molecule has 1 heterocycles. The largest absolute Gasteiger partial charge is 0.386 e. The Morgan fingerprint density at radius 3 is 2.56 bits per heavy atom. The second-order valence-corrected chi connectivity index (χ2v) is 4.58. The Hall–Kier alpha value is -1.14. The molecule has 16 heavy (non-hydrogen) atoms. The summed E-state index contributed by atoms with van der Waals surface area (Å²) in [5.41, 5.74) is 4.48. The number of hydrogen-bond donors (Lipinski definition) is 3. The second kappa shape index (κ2) is 4.03. The van der Waals surface area contributed by atoms with Gasteiger partial charge in [0.15, 0.2) is 0 Å². The van der Waals surface area contributed by atoms with Crippen molar-refractivity contribution >= 4 is 11.8 Å². The van der Waals surface area contributed by atoms with E-state index in [0.717, 1.165) is 12.8 Å². The summed E-state index contributed by atoms with van der Waals surface area (Å²) in [6, 6.07) is 0. The molecule has 0 spiro atoms. The van der Waals surface area contributed by atoms with Gasteiger partial charge in [0.2, 0.25) is 0 Å². The van der Waals surface area contributed by atoms with Gasteiger partial charge in [0, 0.05) is 13.1 Å². The zero-order valence-electron chi connectivity index (χ0n) is 9.11. The SMILES string of the molecule is NCCNC(=O)C(=O)N1CC(O)(C2CC2)C1. The summed E-state index contributed by atoms with van der Waals surface area (Å²) in [4.78, 5) is 24.2. The molecule has 4 N–H and O–H groups in total. The van der Waals surface area contributed by atoms with Crippen LogP contribution in [0.25, 0.3) is 0 Å². The minimum atomic E-state index is -0.732. The third-order valence-electron chi connectivity index (χ3n) is 3.18. The fraction of sp³-hybridized carbons (Fsp3) is 0.800.